The fourth-order valence-electron chi connectivity index (χ4n) is 0.929. The molecular formula is C10H16N2O4. The zero-order valence-electron chi connectivity index (χ0n) is 9.51. The van der Waals surface area contributed by atoms with E-state index in [0.717, 1.165) is 0 Å². The van der Waals surface area contributed by atoms with Crippen LogP contribution in [-0.4, -0.2) is 40.0 Å². The van der Waals surface area contributed by atoms with Gasteiger partial charge in [0.25, 0.3) is 0 Å². The number of ether oxygens (including phenoxy) is 4. The molecule has 0 aliphatic carbocycles. The van der Waals surface area contributed by atoms with Crippen molar-refractivity contribution in [2.24, 2.45) is 0 Å². The fourth-order valence-corrected chi connectivity index (χ4v) is 0.929. The summed E-state index contributed by atoms with van der Waals surface area (Å²) < 4.78 is 20.2. The summed E-state index contributed by atoms with van der Waals surface area (Å²) in [7, 11) is 2.94. The van der Waals surface area contributed by atoms with Gasteiger partial charge < -0.3 is 18.9 Å². The van der Waals surface area contributed by atoms with Gasteiger partial charge in [0, 0.05) is 14.2 Å². The monoisotopic (exact) mass is 228 g/mol. The molecule has 0 spiro atoms. The van der Waals surface area contributed by atoms with E-state index < -0.39 is 12.6 Å². The van der Waals surface area contributed by atoms with Gasteiger partial charge in [0.2, 0.25) is 0 Å². The van der Waals surface area contributed by atoms with E-state index in [1.165, 1.54) is 14.2 Å². The molecule has 0 bridgehead atoms. The number of rotatable bonds is 9. The fraction of sp³-hybridized carbons (Fsp3) is 0.800. The molecule has 0 aromatic heterocycles. The minimum Gasteiger partial charge on any atom is -0.355 e. The highest BCUT2D eigenvalue weighted by Crippen LogP contribution is 2.01. The lowest BCUT2D eigenvalue weighted by Crippen LogP contribution is -2.21. The van der Waals surface area contributed by atoms with Gasteiger partial charge in [-0.25, -0.2) is 0 Å². The molecular weight excluding hydrogens is 212 g/mol. The van der Waals surface area contributed by atoms with E-state index in [1.807, 2.05) is 12.1 Å². The zero-order chi connectivity index (χ0) is 12.2. The molecule has 0 N–H and O–H groups in total. The molecule has 0 amide bonds. The van der Waals surface area contributed by atoms with Crippen molar-refractivity contribution in [3.8, 4) is 12.1 Å². The second kappa shape index (κ2) is 10.3. The Balaban J connectivity index is 3.58. The Kier molecular flexibility index (Phi) is 9.58. The molecule has 2 atom stereocenters. The van der Waals surface area contributed by atoms with Crippen LogP contribution in [0.4, 0.5) is 0 Å². The molecule has 6 heteroatoms. The highest BCUT2D eigenvalue weighted by Gasteiger charge is 2.08. The average Bonchev–Trinajstić information content (AvgIpc) is 2.31. The Morgan fingerprint density at radius 3 is 1.50 bits per heavy atom. The molecule has 0 saturated carbocycles. The second-order valence-corrected chi connectivity index (χ2v) is 2.80. The number of nitriles is 2. The van der Waals surface area contributed by atoms with Crippen molar-refractivity contribution < 1.29 is 18.9 Å². The zero-order valence-corrected chi connectivity index (χ0v) is 9.51. The van der Waals surface area contributed by atoms with Crippen molar-refractivity contribution in [3.05, 3.63) is 0 Å². The predicted octanol–water partition coefficient (Wildman–Crippen LogP) is 0.792. The molecule has 0 aliphatic rings. The first kappa shape index (κ1) is 14.8. The molecule has 0 saturated heterocycles. The van der Waals surface area contributed by atoms with Gasteiger partial charge in [0.1, 0.15) is 0 Å². The van der Waals surface area contributed by atoms with Crippen LogP contribution >= 0.6 is 0 Å². The van der Waals surface area contributed by atoms with E-state index in [-0.39, 0.29) is 26.1 Å². The number of methoxy groups -OCH3 is 2. The van der Waals surface area contributed by atoms with Gasteiger partial charge in [-0.15, -0.1) is 0 Å². The van der Waals surface area contributed by atoms with Crippen LogP contribution in [0.2, 0.25) is 0 Å². The predicted molar refractivity (Wildman–Crippen MR) is 54.0 cm³/mol. The Labute approximate surface area is 95.3 Å². The molecule has 0 aromatic rings. The summed E-state index contributed by atoms with van der Waals surface area (Å²) in [4.78, 5) is 0. The van der Waals surface area contributed by atoms with Gasteiger partial charge in [-0.2, -0.15) is 10.5 Å². The summed E-state index contributed by atoms with van der Waals surface area (Å²) in [5.41, 5.74) is 0. The molecule has 0 aromatic carbocycles. The van der Waals surface area contributed by atoms with Gasteiger partial charge in [-0.1, -0.05) is 0 Å². The number of nitrogens with zero attached hydrogens (tertiary/aromatic N) is 2. The summed E-state index contributed by atoms with van der Waals surface area (Å²) in [6, 6.07) is 3.88. The lowest BCUT2D eigenvalue weighted by Gasteiger charge is -2.15. The number of hydrogen-bond donors (Lipinski definition) is 0. The lowest BCUT2D eigenvalue weighted by molar-refractivity contribution is -0.163. The summed E-state index contributed by atoms with van der Waals surface area (Å²) in [5.74, 6) is 0. The first-order valence-corrected chi connectivity index (χ1v) is 4.81. The van der Waals surface area contributed by atoms with Crippen molar-refractivity contribution >= 4 is 0 Å². The van der Waals surface area contributed by atoms with Gasteiger partial charge in [-0.3, -0.25) is 0 Å². The van der Waals surface area contributed by atoms with Gasteiger partial charge in [0.05, 0.1) is 38.2 Å². The maximum Gasteiger partial charge on any atom is 0.170 e. The quantitative estimate of drug-likeness (QED) is 0.428. The van der Waals surface area contributed by atoms with Gasteiger partial charge >= 0.3 is 0 Å². The van der Waals surface area contributed by atoms with Crippen LogP contribution in [-0.2, 0) is 18.9 Å². The Hall–Kier alpha value is -1.18. The third-order valence-corrected chi connectivity index (χ3v) is 1.73. The van der Waals surface area contributed by atoms with Crippen LogP contribution in [0.1, 0.15) is 12.8 Å². The normalized spacial score (nSPS) is 13.8. The highest BCUT2D eigenvalue weighted by molar-refractivity contribution is 4.71. The SMILES string of the molecule is COC(CC#N)OCCOC(CC#N)OC. The Morgan fingerprint density at radius 1 is 0.875 bits per heavy atom. The lowest BCUT2D eigenvalue weighted by atomic mass is 10.4. The van der Waals surface area contributed by atoms with E-state index >= 15 is 0 Å². The molecule has 0 rings (SSSR count). The highest BCUT2D eigenvalue weighted by atomic mass is 16.7. The Bertz CT molecular complexity index is 220. The standard InChI is InChI=1S/C10H16N2O4/c1-13-9(3-5-11)15-7-8-16-10(14-2)4-6-12/h9-10H,3-4,7-8H2,1-2H3. The summed E-state index contributed by atoms with van der Waals surface area (Å²) in [5, 5.41) is 16.8. The summed E-state index contributed by atoms with van der Waals surface area (Å²) in [6.45, 7) is 0.566. The Morgan fingerprint density at radius 2 is 1.25 bits per heavy atom. The van der Waals surface area contributed by atoms with E-state index in [1.54, 1.807) is 0 Å². The van der Waals surface area contributed by atoms with Gasteiger partial charge in [0.15, 0.2) is 12.6 Å². The van der Waals surface area contributed by atoms with Gasteiger partial charge in [-0.05, 0) is 0 Å². The van der Waals surface area contributed by atoms with E-state index in [2.05, 4.69) is 0 Å². The van der Waals surface area contributed by atoms with Crippen LogP contribution in [0.15, 0.2) is 0 Å². The molecule has 6 nitrogen and oxygen atoms in total. The van der Waals surface area contributed by atoms with Crippen molar-refractivity contribution in [1.82, 2.24) is 0 Å². The molecule has 90 valence electrons. The molecule has 0 heterocycles. The van der Waals surface area contributed by atoms with E-state index in [4.69, 9.17) is 29.5 Å². The first-order valence-electron chi connectivity index (χ1n) is 4.81. The van der Waals surface area contributed by atoms with Crippen molar-refractivity contribution in [2.45, 2.75) is 25.4 Å². The maximum absolute atomic E-state index is 8.42. The molecule has 16 heavy (non-hydrogen) atoms. The maximum atomic E-state index is 8.42. The molecule has 0 aliphatic heterocycles. The van der Waals surface area contributed by atoms with Crippen LogP contribution in [0.25, 0.3) is 0 Å². The first-order chi connectivity index (χ1) is 7.78. The minimum absolute atomic E-state index is 0.169. The third-order valence-electron chi connectivity index (χ3n) is 1.73. The summed E-state index contributed by atoms with van der Waals surface area (Å²) >= 11 is 0. The average molecular weight is 228 g/mol. The van der Waals surface area contributed by atoms with Crippen molar-refractivity contribution in [2.75, 3.05) is 27.4 Å². The van der Waals surface area contributed by atoms with E-state index in [9.17, 15) is 0 Å². The van der Waals surface area contributed by atoms with Crippen molar-refractivity contribution in [1.29, 1.82) is 10.5 Å². The molecule has 0 radical (unpaired) electrons. The smallest absolute Gasteiger partial charge is 0.170 e. The van der Waals surface area contributed by atoms with Crippen LogP contribution < -0.4 is 0 Å². The minimum atomic E-state index is -0.537. The van der Waals surface area contributed by atoms with Crippen LogP contribution in [0, 0.1) is 22.7 Å². The number of hydrogen-bond acceptors (Lipinski definition) is 6. The molecule has 0 fully saturated rings. The van der Waals surface area contributed by atoms with Crippen LogP contribution in [0.3, 0.4) is 0 Å². The second-order valence-electron chi connectivity index (χ2n) is 2.80. The van der Waals surface area contributed by atoms with Crippen LogP contribution in [0.5, 0.6) is 0 Å². The molecule has 2 unspecified atom stereocenters. The van der Waals surface area contributed by atoms with Crippen molar-refractivity contribution in [3.63, 3.8) is 0 Å². The topological polar surface area (TPSA) is 84.5 Å². The summed E-state index contributed by atoms with van der Waals surface area (Å²) in [6.07, 6.45) is -0.735. The van der Waals surface area contributed by atoms with E-state index in [0.29, 0.717) is 0 Å². The third kappa shape index (κ3) is 7.16. The largest absolute Gasteiger partial charge is 0.355 e.